The summed E-state index contributed by atoms with van der Waals surface area (Å²) in [6.45, 7) is 6.56. The van der Waals surface area contributed by atoms with Crippen LogP contribution in [0, 0.1) is 0 Å². The molecule has 0 aromatic heterocycles. The zero-order valence-corrected chi connectivity index (χ0v) is 11.9. The van der Waals surface area contributed by atoms with Gasteiger partial charge in [0.05, 0.1) is 12.7 Å². The third kappa shape index (κ3) is 3.81. The van der Waals surface area contributed by atoms with Gasteiger partial charge in [-0.3, -0.25) is 4.79 Å². The van der Waals surface area contributed by atoms with Crippen molar-refractivity contribution in [1.82, 2.24) is 4.90 Å². The van der Waals surface area contributed by atoms with Gasteiger partial charge in [-0.15, -0.1) is 0 Å². The molecule has 1 heterocycles. The smallest absolute Gasteiger partial charge is 0.335 e. The Balaban J connectivity index is 2.88. The molecule has 0 aromatic rings. The summed E-state index contributed by atoms with van der Waals surface area (Å²) in [6, 6.07) is -0.800. The average Bonchev–Trinajstić information content (AvgIpc) is 2.70. The predicted molar refractivity (Wildman–Crippen MR) is 66.9 cm³/mol. The van der Waals surface area contributed by atoms with Crippen molar-refractivity contribution in [3.8, 4) is 0 Å². The molecule has 0 radical (unpaired) electrons. The van der Waals surface area contributed by atoms with Gasteiger partial charge >= 0.3 is 11.9 Å². The molecule has 6 nitrogen and oxygen atoms in total. The zero-order chi connectivity index (χ0) is 14.8. The van der Waals surface area contributed by atoms with Gasteiger partial charge in [-0.25, -0.2) is 9.59 Å². The van der Waals surface area contributed by atoms with Crippen LogP contribution in [0.5, 0.6) is 0 Å². The van der Waals surface area contributed by atoms with Gasteiger partial charge in [-0.05, 0) is 20.8 Å². The number of nitrogens with zero attached hydrogens (tertiary/aromatic N) is 1. The van der Waals surface area contributed by atoms with E-state index in [1.807, 2.05) is 0 Å². The van der Waals surface area contributed by atoms with E-state index in [1.165, 1.54) is 25.1 Å². The summed E-state index contributed by atoms with van der Waals surface area (Å²) in [5.41, 5.74) is -0.360. The molecule has 0 saturated carbocycles. The summed E-state index contributed by atoms with van der Waals surface area (Å²) in [5, 5.41) is 0. The lowest BCUT2D eigenvalue weighted by Crippen LogP contribution is -2.41. The van der Waals surface area contributed by atoms with E-state index in [9.17, 15) is 14.4 Å². The first-order valence-electron chi connectivity index (χ1n) is 5.96. The lowest BCUT2D eigenvalue weighted by Gasteiger charge is -2.26. The highest BCUT2D eigenvalue weighted by Crippen LogP contribution is 2.25. The second-order valence-corrected chi connectivity index (χ2v) is 5.33. The molecular weight excluding hydrogens is 250 g/mol. The van der Waals surface area contributed by atoms with Crippen LogP contribution in [-0.2, 0) is 23.9 Å². The third-order valence-corrected chi connectivity index (χ3v) is 2.53. The van der Waals surface area contributed by atoms with Crippen molar-refractivity contribution in [3.63, 3.8) is 0 Å². The van der Waals surface area contributed by atoms with Crippen LogP contribution in [0.25, 0.3) is 0 Å². The van der Waals surface area contributed by atoms with Gasteiger partial charge < -0.3 is 14.4 Å². The molecule has 0 saturated heterocycles. The van der Waals surface area contributed by atoms with Crippen molar-refractivity contribution in [1.29, 1.82) is 0 Å². The minimum absolute atomic E-state index is 0.112. The van der Waals surface area contributed by atoms with E-state index < -0.39 is 23.6 Å². The minimum atomic E-state index is -0.800. The van der Waals surface area contributed by atoms with Crippen LogP contribution >= 0.6 is 0 Å². The Hall–Kier alpha value is -1.85. The van der Waals surface area contributed by atoms with Gasteiger partial charge in [-0.2, -0.15) is 0 Å². The first-order chi connectivity index (χ1) is 8.65. The number of esters is 2. The highest BCUT2D eigenvalue weighted by molar-refractivity contribution is 5.94. The monoisotopic (exact) mass is 269 g/mol. The standard InChI is InChI=1S/C13H19NO5/c1-8(15)14-7-9(11(16)18-5)6-10(14)12(17)19-13(2,3)4/h7,10H,6H2,1-5H3/t10-/m0/s1. The van der Waals surface area contributed by atoms with Crippen LogP contribution in [0.4, 0.5) is 0 Å². The number of hydrogen-bond acceptors (Lipinski definition) is 5. The molecule has 0 aromatic carbocycles. The van der Waals surface area contributed by atoms with Gasteiger partial charge in [0.25, 0.3) is 0 Å². The van der Waals surface area contributed by atoms with Crippen LogP contribution in [-0.4, -0.2) is 41.5 Å². The molecule has 1 aliphatic heterocycles. The summed E-state index contributed by atoms with van der Waals surface area (Å²) < 4.78 is 9.84. The maximum absolute atomic E-state index is 12.0. The van der Waals surface area contributed by atoms with Crippen molar-refractivity contribution < 1.29 is 23.9 Å². The van der Waals surface area contributed by atoms with Crippen LogP contribution in [0.1, 0.15) is 34.1 Å². The van der Waals surface area contributed by atoms with E-state index in [0.717, 1.165) is 0 Å². The molecule has 1 atom stereocenters. The molecule has 0 spiro atoms. The fourth-order valence-electron chi connectivity index (χ4n) is 1.76. The van der Waals surface area contributed by atoms with Crippen molar-refractivity contribution in [2.24, 2.45) is 0 Å². The Morgan fingerprint density at radius 1 is 1.32 bits per heavy atom. The number of amides is 1. The lowest BCUT2D eigenvalue weighted by molar-refractivity contribution is -0.162. The Bertz CT molecular complexity index is 433. The first-order valence-corrected chi connectivity index (χ1v) is 5.96. The van der Waals surface area contributed by atoms with E-state index in [0.29, 0.717) is 0 Å². The van der Waals surface area contributed by atoms with Crippen LogP contribution in [0.3, 0.4) is 0 Å². The van der Waals surface area contributed by atoms with E-state index in [4.69, 9.17) is 4.74 Å². The van der Waals surface area contributed by atoms with Crippen molar-refractivity contribution in [2.45, 2.75) is 45.8 Å². The Labute approximate surface area is 112 Å². The maximum atomic E-state index is 12.0. The molecule has 1 aliphatic rings. The first kappa shape index (κ1) is 15.2. The van der Waals surface area contributed by atoms with Crippen LogP contribution in [0.15, 0.2) is 11.8 Å². The van der Waals surface area contributed by atoms with Crippen LogP contribution < -0.4 is 0 Å². The third-order valence-electron chi connectivity index (χ3n) is 2.53. The van der Waals surface area contributed by atoms with E-state index >= 15 is 0 Å². The number of rotatable bonds is 2. The van der Waals surface area contributed by atoms with Gasteiger partial charge in [-0.1, -0.05) is 0 Å². The molecule has 0 fully saturated rings. The number of hydrogen-bond donors (Lipinski definition) is 0. The lowest BCUT2D eigenvalue weighted by atomic mass is 10.1. The van der Waals surface area contributed by atoms with Gasteiger partial charge in [0.2, 0.25) is 5.91 Å². The molecule has 106 valence electrons. The summed E-state index contributed by atoms with van der Waals surface area (Å²) in [4.78, 5) is 36.2. The fourth-order valence-corrected chi connectivity index (χ4v) is 1.76. The molecule has 6 heteroatoms. The summed E-state index contributed by atoms with van der Waals surface area (Å²) in [6.07, 6.45) is 1.46. The Kier molecular flexibility index (Phi) is 4.34. The van der Waals surface area contributed by atoms with Gasteiger partial charge in [0.15, 0.2) is 0 Å². The fraction of sp³-hybridized carbons (Fsp3) is 0.615. The predicted octanol–water partition coefficient (Wildman–Crippen LogP) is 1.01. The summed E-state index contributed by atoms with van der Waals surface area (Å²) in [7, 11) is 1.25. The highest BCUT2D eigenvalue weighted by atomic mass is 16.6. The number of carbonyl (C=O) groups excluding carboxylic acids is 3. The second kappa shape index (κ2) is 5.42. The van der Waals surface area contributed by atoms with Gasteiger partial charge in [0, 0.05) is 19.5 Å². The quantitative estimate of drug-likeness (QED) is 0.699. The van der Waals surface area contributed by atoms with Crippen molar-refractivity contribution in [3.05, 3.63) is 11.8 Å². The van der Waals surface area contributed by atoms with E-state index in [1.54, 1.807) is 20.8 Å². The summed E-state index contributed by atoms with van der Waals surface area (Å²) >= 11 is 0. The molecule has 1 amide bonds. The van der Waals surface area contributed by atoms with Crippen molar-refractivity contribution in [2.75, 3.05) is 7.11 Å². The van der Waals surface area contributed by atoms with Gasteiger partial charge in [0.1, 0.15) is 11.6 Å². The number of carbonyl (C=O) groups is 3. The SMILES string of the molecule is COC(=O)C1=CN(C(C)=O)[C@H](C(=O)OC(C)(C)C)C1. The second-order valence-electron chi connectivity index (χ2n) is 5.33. The molecule has 0 N–H and O–H groups in total. The molecule has 1 rings (SSSR count). The number of ether oxygens (including phenoxy) is 2. The van der Waals surface area contributed by atoms with E-state index in [-0.39, 0.29) is 17.9 Å². The van der Waals surface area contributed by atoms with Crippen molar-refractivity contribution >= 4 is 17.8 Å². The summed E-state index contributed by atoms with van der Waals surface area (Å²) in [5.74, 6) is -1.40. The minimum Gasteiger partial charge on any atom is -0.466 e. The molecule has 0 unspecified atom stereocenters. The topological polar surface area (TPSA) is 72.9 Å². The molecule has 0 aliphatic carbocycles. The molecule has 19 heavy (non-hydrogen) atoms. The molecule has 0 bridgehead atoms. The Morgan fingerprint density at radius 3 is 2.32 bits per heavy atom. The highest BCUT2D eigenvalue weighted by Gasteiger charge is 2.38. The normalized spacial score (nSPS) is 18.9. The van der Waals surface area contributed by atoms with E-state index in [2.05, 4.69) is 4.74 Å². The zero-order valence-electron chi connectivity index (χ0n) is 11.9. The van der Waals surface area contributed by atoms with Crippen LogP contribution in [0.2, 0.25) is 0 Å². The largest absolute Gasteiger partial charge is 0.466 e. The average molecular weight is 269 g/mol. The number of methoxy groups -OCH3 is 1. The molecular formula is C13H19NO5. The maximum Gasteiger partial charge on any atom is 0.335 e. The Morgan fingerprint density at radius 2 is 1.89 bits per heavy atom.